The minimum Gasteiger partial charge on any atom is -0.347 e. The van der Waals surface area contributed by atoms with E-state index in [2.05, 4.69) is 26.1 Å². The van der Waals surface area contributed by atoms with Gasteiger partial charge in [-0.3, -0.25) is 9.69 Å². The maximum absolute atomic E-state index is 12.8. The Labute approximate surface area is 149 Å². The van der Waals surface area contributed by atoms with Gasteiger partial charge < -0.3 is 9.88 Å². The summed E-state index contributed by atoms with van der Waals surface area (Å²) in [4.78, 5) is 14.8. The number of hydrogen-bond acceptors (Lipinski definition) is 4. The first-order valence-electron chi connectivity index (χ1n) is 8.98. The number of nitrogens with zero attached hydrogens (tertiary/aromatic N) is 4. The number of benzene rings is 1. The van der Waals surface area contributed by atoms with E-state index in [-0.39, 0.29) is 11.9 Å². The Morgan fingerprint density at radius 3 is 2.88 bits per heavy atom. The van der Waals surface area contributed by atoms with Gasteiger partial charge in [0, 0.05) is 13.0 Å². The zero-order chi connectivity index (χ0) is 17.8. The van der Waals surface area contributed by atoms with Gasteiger partial charge in [0.15, 0.2) is 5.82 Å². The van der Waals surface area contributed by atoms with Crippen LogP contribution in [0, 0.1) is 6.92 Å². The van der Waals surface area contributed by atoms with Crippen molar-refractivity contribution >= 4 is 5.91 Å². The van der Waals surface area contributed by atoms with Gasteiger partial charge in [0.1, 0.15) is 11.9 Å². The summed E-state index contributed by atoms with van der Waals surface area (Å²) in [5.41, 5.74) is 2.16. The molecule has 1 atom stereocenters. The molecule has 1 aromatic heterocycles. The van der Waals surface area contributed by atoms with Gasteiger partial charge >= 0.3 is 0 Å². The van der Waals surface area contributed by atoms with Crippen LogP contribution in [-0.4, -0.2) is 39.7 Å². The van der Waals surface area contributed by atoms with Crippen molar-refractivity contribution < 1.29 is 4.79 Å². The number of carbonyl (C=O) groups is 1. The van der Waals surface area contributed by atoms with Gasteiger partial charge in [0.25, 0.3) is 0 Å². The molecule has 2 aromatic rings. The lowest BCUT2D eigenvalue weighted by Gasteiger charge is -2.24. The maximum Gasteiger partial charge on any atom is 0.242 e. The molecule has 0 aliphatic carbocycles. The Hall–Kier alpha value is -2.21. The molecule has 3 rings (SSSR count). The fraction of sp³-hybridized carbons (Fsp3) is 0.526. The van der Waals surface area contributed by atoms with Gasteiger partial charge in [-0.1, -0.05) is 36.2 Å². The summed E-state index contributed by atoms with van der Waals surface area (Å²) >= 11 is 0. The molecule has 0 bridgehead atoms. The van der Waals surface area contributed by atoms with Crippen LogP contribution in [-0.2, 0) is 24.3 Å². The zero-order valence-corrected chi connectivity index (χ0v) is 15.3. The van der Waals surface area contributed by atoms with Crippen LogP contribution in [0.25, 0.3) is 0 Å². The fourth-order valence-electron chi connectivity index (χ4n) is 3.46. The molecule has 1 N–H and O–H groups in total. The van der Waals surface area contributed by atoms with Crippen molar-refractivity contribution in [3.63, 3.8) is 0 Å². The normalized spacial score (nSPS) is 15.5. The molecule has 1 aliphatic rings. The number of hydrogen-bond donors (Lipinski definition) is 1. The second-order valence-electron chi connectivity index (χ2n) is 6.99. The largest absolute Gasteiger partial charge is 0.347 e. The number of rotatable bonds is 5. The van der Waals surface area contributed by atoms with E-state index < -0.39 is 0 Å². The van der Waals surface area contributed by atoms with Crippen molar-refractivity contribution in [2.24, 2.45) is 0 Å². The van der Waals surface area contributed by atoms with Crippen LogP contribution in [0.15, 0.2) is 24.3 Å². The first-order chi connectivity index (χ1) is 12.1. The van der Waals surface area contributed by atoms with Gasteiger partial charge in [-0.2, -0.15) is 0 Å². The lowest BCUT2D eigenvalue weighted by molar-refractivity contribution is -0.126. The molecule has 1 aliphatic heterocycles. The first-order valence-corrected chi connectivity index (χ1v) is 8.98. The number of aryl methyl sites for hydroxylation is 2. The van der Waals surface area contributed by atoms with E-state index in [0.717, 1.165) is 42.2 Å². The molecule has 0 saturated carbocycles. The highest BCUT2D eigenvalue weighted by Gasteiger charge is 2.23. The lowest BCUT2D eigenvalue weighted by Crippen LogP contribution is -2.37. The second kappa shape index (κ2) is 7.78. The number of nitrogens with one attached hydrogen (secondary N) is 1. The summed E-state index contributed by atoms with van der Waals surface area (Å²) in [5.74, 6) is 1.89. The van der Waals surface area contributed by atoms with Gasteiger partial charge in [-0.05, 0) is 39.4 Å². The molecule has 25 heavy (non-hydrogen) atoms. The maximum atomic E-state index is 12.8. The Morgan fingerprint density at radius 2 is 2.12 bits per heavy atom. The number of likely N-dealkylation sites (N-methyl/N-ethyl adjacent to an activating group) is 1. The SMILES string of the molecule is Cc1cccc(C(C(=O)NCc2nnc3n2CCCCC3)N(C)C)c1. The molecule has 6 nitrogen and oxygen atoms in total. The van der Waals surface area contributed by atoms with Crippen LogP contribution in [0.3, 0.4) is 0 Å². The van der Waals surface area contributed by atoms with Crippen molar-refractivity contribution in [1.29, 1.82) is 0 Å². The van der Waals surface area contributed by atoms with E-state index in [4.69, 9.17) is 0 Å². The van der Waals surface area contributed by atoms with Crippen molar-refractivity contribution in [2.45, 2.75) is 51.7 Å². The topological polar surface area (TPSA) is 63.1 Å². The molecule has 0 radical (unpaired) electrons. The van der Waals surface area contributed by atoms with E-state index in [0.29, 0.717) is 6.54 Å². The van der Waals surface area contributed by atoms with Gasteiger partial charge in [0.2, 0.25) is 5.91 Å². The Bertz CT molecular complexity index is 737. The number of carbonyl (C=O) groups excluding carboxylic acids is 1. The molecule has 134 valence electrons. The Morgan fingerprint density at radius 1 is 1.28 bits per heavy atom. The Balaban J connectivity index is 1.71. The molecule has 1 aromatic carbocycles. The third kappa shape index (κ3) is 4.07. The molecule has 1 unspecified atom stereocenters. The standard InChI is InChI=1S/C19H27N5O/c1-14-8-7-9-15(12-14)18(23(2)3)19(25)20-13-17-22-21-16-10-5-4-6-11-24(16)17/h7-9,12,18H,4-6,10-11,13H2,1-3H3,(H,20,25). The predicted molar refractivity (Wildman–Crippen MR) is 97.0 cm³/mol. The average Bonchev–Trinajstić information content (AvgIpc) is 2.79. The smallest absolute Gasteiger partial charge is 0.242 e. The molecule has 0 fully saturated rings. The van der Waals surface area contributed by atoms with E-state index in [1.807, 2.05) is 44.1 Å². The van der Waals surface area contributed by atoms with Gasteiger partial charge in [-0.15, -0.1) is 10.2 Å². The van der Waals surface area contributed by atoms with E-state index >= 15 is 0 Å². The highest BCUT2D eigenvalue weighted by atomic mass is 16.2. The van der Waals surface area contributed by atoms with Gasteiger partial charge in [0.05, 0.1) is 6.54 Å². The zero-order valence-electron chi connectivity index (χ0n) is 15.3. The van der Waals surface area contributed by atoms with E-state index in [1.165, 1.54) is 12.8 Å². The minimum atomic E-state index is -0.313. The van der Waals surface area contributed by atoms with Crippen molar-refractivity contribution in [3.05, 3.63) is 47.0 Å². The summed E-state index contributed by atoms with van der Waals surface area (Å²) < 4.78 is 2.17. The van der Waals surface area contributed by atoms with Crippen LogP contribution < -0.4 is 5.32 Å². The first kappa shape index (κ1) is 17.6. The predicted octanol–water partition coefficient (Wildman–Crippen LogP) is 2.23. The van der Waals surface area contributed by atoms with Crippen molar-refractivity contribution in [2.75, 3.05) is 14.1 Å². The number of aromatic nitrogens is 3. The second-order valence-corrected chi connectivity index (χ2v) is 6.99. The average molecular weight is 341 g/mol. The molecular formula is C19H27N5O. The van der Waals surface area contributed by atoms with Crippen molar-refractivity contribution in [3.8, 4) is 0 Å². The molecular weight excluding hydrogens is 314 g/mol. The minimum absolute atomic E-state index is 0.0124. The highest BCUT2D eigenvalue weighted by molar-refractivity contribution is 5.83. The van der Waals surface area contributed by atoms with Crippen LogP contribution >= 0.6 is 0 Å². The monoisotopic (exact) mass is 341 g/mol. The molecule has 2 heterocycles. The number of fused-ring (bicyclic) bond motifs is 1. The third-order valence-electron chi connectivity index (χ3n) is 4.73. The summed E-state index contributed by atoms with van der Waals surface area (Å²) in [6.07, 6.45) is 4.52. The summed E-state index contributed by atoms with van der Waals surface area (Å²) in [6, 6.07) is 7.78. The summed E-state index contributed by atoms with van der Waals surface area (Å²) in [7, 11) is 3.85. The van der Waals surface area contributed by atoms with Crippen molar-refractivity contribution in [1.82, 2.24) is 25.0 Å². The van der Waals surface area contributed by atoms with Crippen LogP contribution in [0.5, 0.6) is 0 Å². The molecule has 1 amide bonds. The third-order valence-corrected chi connectivity index (χ3v) is 4.73. The van der Waals surface area contributed by atoms with Gasteiger partial charge in [-0.25, -0.2) is 0 Å². The quantitative estimate of drug-likeness (QED) is 0.906. The fourth-order valence-corrected chi connectivity index (χ4v) is 3.46. The molecule has 0 spiro atoms. The van der Waals surface area contributed by atoms with Crippen LogP contribution in [0.4, 0.5) is 0 Å². The summed E-state index contributed by atoms with van der Waals surface area (Å²) in [5, 5.41) is 11.6. The summed E-state index contributed by atoms with van der Waals surface area (Å²) in [6.45, 7) is 3.41. The Kier molecular flexibility index (Phi) is 5.48. The number of amides is 1. The lowest BCUT2D eigenvalue weighted by atomic mass is 10.0. The molecule has 0 saturated heterocycles. The van der Waals surface area contributed by atoms with Crippen LogP contribution in [0.1, 0.15) is 48.1 Å². The molecule has 6 heteroatoms. The van der Waals surface area contributed by atoms with E-state index in [9.17, 15) is 4.79 Å². The van der Waals surface area contributed by atoms with Crippen LogP contribution in [0.2, 0.25) is 0 Å². The van der Waals surface area contributed by atoms with E-state index in [1.54, 1.807) is 0 Å². The highest BCUT2D eigenvalue weighted by Crippen LogP contribution is 2.20.